The van der Waals surface area contributed by atoms with Crippen molar-refractivity contribution in [1.29, 1.82) is 0 Å². The number of methoxy groups -OCH3 is 1. The predicted molar refractivity (Wildman–Crippen MR) is 72.9 cm³/mol. The molecular formula is C11H17N3O4S. The van der Waals surface area contributed by atoms with Gasteiger partial charge in [0, 0.05) is 25.0 Å². The number of hydrogen-bond acceptors (Lipinski definition) is 5. The molecule has 0 heterocycles. The van der Waals surface area contributed by atoms with E-state index >= 15 is 0 Å². The molecule has 0 radical (unpaired) electrons. The van der Waals surface area contributed by atoms with E-state index in [4.69, 9.17) is 15.7 Å². The van der Waals surface area contributed by atoms with Crippen molar-refractivity contribution in [2.45, 2.75) is 6.42 Å². The van der Waals surface area contributed by atoms with Crippen LogP contribution in [0.15, 0.2) is 29.4 Å². The van der Waals surface area contributed by atoms with Crippen molar-refractivity contribution in [1.82, 2.24) is 0 Å². The number of sulfonamides is 1. The molecule has 106 valence electrons. The van der Waals surface area contributed by atoms with Gasteiger partial charge in [0.05, 0.1) is 5.75 Å². The number of nitrogens with two attached hydrogens (primary N) is 1. The number of anilines is 1. The topological polar surface area (TPSA) is 114 Å². The summed E-state index contributed by atoms with van der Waals surface area (Å²) in [7, 11) is -1.91. The fourth-order valence-electron chi connectivity index (χ4n) is 1.42. The molecule has 8 heteroatoms. The Morgan fingerprint density at radius 2 is 2.26 bits per heavy atom. The molecule has 0 amide bonds. The summed E-state index contributed by atoms with van der Waals surface area (Å²) >= 11 is 0. The van der Waals surface area contributed by atoms with E-state index in [1.165, 1.54) is 13.2 Å². The second-order valence-corrected chi connectivity index (χ2v) is 5.68. The van der Waals surface area contributed by atoms with E-state index in [1.54, 1.807) is 18.2 Å². The standard InChI is InChI=1S/C11H17N3O4S/c1-18-6-3-7-19(16,17)14-10-5-2-4-9(8-10)11(12)13-15/h2,4-5,8,14-15H,3,6-7H2,1H3,(H2,12,13). The van der Waals surface area contributed by atoms with Gasteiger partial charge >= 0.3 is 0 Å². The minimum atomic E-state index is -3.43. The number of nitrogens with one attached hydrogen (secondary N) is 1. The molecule has 1 aromatic rings. The fraction of sp³-hybridized carbons (Fsp3) is 0.364. The van der Waals surface area contributed by atoms with Crippen LogP contribution in [0.1, 0.15) is 12.0 Å². The van der Waals surface area contributed by atoms with Crippen LogP contribution in [0.2, 0.25) is 0 Å². The fourth-order valence-corrected chi connectivity index (χ4v) is 2.51. The summed E-state index contributed by atoms with van der Waals surface area (Å²) in [4.78, 5) is 0. The lowest BCUT2D eigenvalue weighted by molar-refractivity contribution is 0.199. The minimum Gasteiger partial charge on any atom is -0.409 e. The number of nitrogens with zero attached hydrogens (tertiary/aromatic N) is 1. The molecule has 19 heavy (non-hydrogen) atoms. The first-order valence-corrected chi connectivity index (χ1v) is 7.21. The van der Waals surface area contributed by atoms with Gasteiger partial charge < -0.3 is 15.7 Å². The predicted octanol–water partition coefficient (Wildman–Crippen LogP) is 0.559. The maximum Gasteiger partial charge on any atom is 0.232 e. The maximum absolute atomic E-state index is 11.7. The highest BCUT2D eigenvalue weighted by Crippen LogP contribution is 2.12. The van der Waals surface area contributed by atoms with Gasteiger partial charge in [0.15, 0.2) is 5.84 Å². The molecule has 0 aromatic heterocycles. The maximum atomic E-state index is 11.7. The smallest absolute Gasteiger partial charge is 0.232 e. The van der Waals surface area contributed by atoms with Crippen LogP contribution in [-0.2, 0) is 14.8 Å². The molecule has 1 aromatic carbocycles. The molecule has 0 fully saturated rings. The molecule has 0 bridgehead atoms. The van der Waals surface area contributed by atoms with Gasteiger partial charge in [0.25, 0.3) is 0 Å². The number of oxime groups is 1. The first kappa shape index (κ1) is 15.3. The van der Waals surface area contributed by atoms with Crippen LogP contribution >= 0.6 is 0 Å². The van der Waals surface area contributed by atoms with Crippen molar-refractivity contribution in [2.75, 3.05) is 24.2 Å². The number of amidine groups is 1. The summed E-state index contributed by atoms with van der Waals surface area (Å²) in [6.07, 6.45) is 0.408. The number of hydrogen-bond donors (Lipinski definition) is 3. The summed E-state index contributed by atoms with van der Waals surface area (Å²) < 4.78 is 30.7. The van der Waals surface area contributed by atoms with Crippen LogP contribution in [0.25, 0.3) is 0 Å². The Morgan fingerprint density at radius 1 is 1.53 bits per heavy atom. The first-order valence-electron chi connectivity index (χ1n) is 5.56. The summed E-state index contributed by atoms with van der Waals surface area (Å²) in [6.45, 7) is 0.380. The average Bonchev–Trinajstić information content (AvgIpc) is 2.37. The SMILES string of the molecule is COCCCS(=O)(=O)Nc1cccc(C(N)=NO)c1. The molecule has 0 spiro atoms. The molecule has 1 rings (SSSR count). The van der Waals surface area contributed by atoms with Crippen LogP contribution in [0.5, 0.6) is 0 Å². The molecule has 7 nitrogen and oxygen atoms in total. The zero-order valence-electron chi connectivity index (χ0n) is 10.5. The average molecular weight is 287 g/mol. The lowest BCUT2D eigenvalue weighted by Crippen LogP contribution is -2.18. The molecule has 0 aliphatic rings. The van der Waals surface area contributed by atoms with Crippen molar-refractivity contribution < 1.29 is 18.4 Å². The van der Waals surface area contributed by atoms with Crippen LogP contribution < -0.4 is 10.5 Å². The Hall–Kier alpha value is -1.80. The first-order chi connectivity index (χ1) is 8.98. The van der Waals surface area contributed by atoms with E-state index in [-0.39, 0.29) is 11.6 Å². The summed E-state index contributed by atoms with van der Waals surface area (Å²) in [6, 6.07) is 6.29. The lowest BCUT2D eigenvalue weighted by atomic mass is 10.2. The second-order valence-electron chi connectivity index (χ2n) is 3.83. The summed E-state index contributed by atoms with van der Waals surface area (Å²) in [5.74, 6) is -0.116. The Kier molecular flexibility index (Phi) is 5.58. The van der Waals surface area contributed by atoms with Gasteiger partial charge in [-0.3, -0.25) is 4.72 Å². The van der Waals surface area contributed by atoms with Gasteiger partial charge in [-0.2, -0.15) is 0 Å². The zero-order chi connectivity index (χ0) is 14.3. The van der Waals surface area contributed by atoms with Gasteiger partial charge in [-0.1, -0.05) is 17.3 Å². The monoisotopic (exact) mass is 287 g/mol. The van der Waals surface area contributed by atoms with Crippen molar-refractivity contribution in [3.8, 4) is 0 Å². The van der Waals surface area contributed by atoms with E-state index in [0.29, 0.717) is 24.3 Å². The number of ether oxygens (including phenoxy) is 1. The Balaban J connectivity index is 2.77. The van der Waals surface area contributed by atoms with Crippen LogP contribution in [-0.4, -0.2) is 38.9 Å². The van der Waals surface area contributed by atoms with Crippen LogP contribution in [0.4, 0.5) is 5.69 Å². The van der Waals surface area contributed by atoms with Crippen molar-refractivity contribution in [3.63, 3.8) is 0 Å². The van der Waals surface area contributed by atoms with Gasteiger partial charge in [-0.15, -0.1) is 0 Å². The minimum absolute atomic E-state index is 0.0331. The quantitative estimate of drug-likeness (QED) is 0.223. The third-order valence-electron chi connectivity index (χ3n) is 2.30. The van der Waals surface area contributed by atoms with Gasteiger partial charge in [-0.05, 0) is 18.6 Å². The van der Waals surface area contributed by atoms with E-state index in [2.05, 4.69) is 9.88 Å². The van der Waals surface area contributed by atoms with Crippen molar-refractivity contribution >= 4 is 21.5 Å². The summed E-state index contributed by atoms with van der Waals surface area (Å²) in [5, 5.41) is 11.4. The van der Waals surface area contributed by atoms with E-state index < -0.39 is 10.0 Å². The lowest BCUT2D eigenvalue weighted by Gasteiger charge is -2.09. The molecule has 0 unspecified atom stereocenters. The van der Waals surface area contributed by atoms with E-state index in [1.807, 2.05) is 0 Å². The third-order valence-corrected chi connectivity index (χ3v) is 3.67. The number of rotatable bonds is 7. The second kappa shape index (κ2) is 6.95. The highest BCUT2D eigenvalue weighted by Gasteiger charge is 2.10. The zero-order valence-corrected chi connectivity index (χ0v) is 11.4. The van der Waals surface area contributed by atoms with Gasteiger partial charge in [0.2, 0.25) is 10.0 Å². The van der Waals surface area contributed by atoms with Crippen molar-refractivity contribution in [2.24, 2.45) is 10.9 Å². The Labute approximate surface area is 112 Å². The normalized spacial score (nSPS) is 12.4. The van der Waals surface area contributed by atoms with Crippen LogP contribution in [0.3, 0.4) is 0 Å². The largest absolute Gasteiger partial charge is 0.409 e. The van der Waals surface area contributed by atoms with E-state index in [9.17, 15) is 8.42 Å². The Bertz CT molecular complexity index is 543. The number of benzene rings is 1. The van der Waals surface area contributed by atoms with E-state index in [0.717, 1.165) is 0 Å². The van der Waals surface area contributed by atoms with Crippen LogP contribution in [0, 0.1) is 0 Å². The van der Waals surface area contributed by atoms with Gasteiger partial charge in [0.1, 0.15) is 0 Å². The highest BCUT2D eigenvalue weighted by molar-refractivity contribution is 7.92. The molecule has 0 aliphatic heterocycles. The Morgan fingerprint density at radius 3 is 2.89 bits per heavy atom. The summed E-state index contributed by atoms with van der Waals surface area (Å²) in [5.41, 5.74) is 6.22. The van der Waals surface area contributed by atoms with Gasteiger partial charge in [-0.25, -0.2) is 8.42 Å². The molecule has 0 atom stereocenters. The molecule has 0 saturated heterocycles. The van der Waals surface area contributed by atoms with Crippen molar-refractivity contribution in [3.05, 3.63) is 29.8 Å². The molecule has 0 aliphatic carbocycles. The molecular weight excluding hydrogens is 270 g/mol. The highest BCUT2D eigenvalue weighted by atomic mass is 32.2. The molecule has 4 N–H and O–H groups in total. The molecule has 0 saturated carbocycles. The third kappa shape index (κ3) is 5.14.